The summed E-state index contributed by atoms with van der Waals surface area (Å²) in [7, 11) is 2.16. The van der Waals surface area contributed by atoms with Gasteiger partial charge in [0.2, 0.25) is 0 Å². The molecule has 0 aromatic carbocycles. The number of fused-ring (bicyclic) bond motifs is 1. The molecule has 1 fully saturated rings. The molecule has 3 rings (SSSR count). The molecule has 1 aliphatic carbocycles. The van der Waals surface area contributed by atoms with Crippen molar-refractivity contribution in [2.75, 3.05) is 31.7 Å². The molecular formula is C14H23N3OS. The number of hydrogen-bond acceptors (Lipinski definition) is 5. The normalized spacial score (nSPS) is 26.4. The van der Waals surface area contributed by atoms with E-state index in [-0.39, 0.29) is 0 Å². The van der Waals surface area contributed by atoms with E-state index in [1.54, 1.807) is 0 Å². The van der Waals surface area contributed by atoms with Gasteiger partial charge in [-0.3, -0.25) is 0 Å². The highest BCUT2D eigenvalue weighted by atomic mass is 32.1. The van der Waals surface area contributed by atoms with Gasteiger partial charge < -0.3 is 15.0 Å². The standard InChI is InChI=1S/C14H23N3OS/c1-3-15-11-5-4-6-12-13(11)16-14(19-12)17(2)10-7-8-18-9-10/h10-11,15H,3-9H2,1-2H3. The molecule has 1 saturated heterocycles. The van der Waals surface area contributed by atoms with E-state index in [0.29, 0.717) is 12.1 Å². The van der Waals surface area contributed by atoms with Crippen LogP contribution >= 0.6 is 11.3 Å². The molecule has 0 saturated carbocycles. The monoisotopic (exact) mass is 281 g/mol. The lowest BCUT2D eigenvalue weighted by atomic mass is 9.98. The van der Waals surface area contributed by atoms with Crippen LogP contribution in [0.25, 0.3) is 0 Å². The summed E-state index contributed by atoms with van der Waals surface area (Å²) in [6.07, 6.45) is 4.82. The molecule has 0 radical (unpaired) electrons. The fourth-order valence-corrected chi connectivity index (χ4v) is 4.18. The predicted octanol–water partition coefficient (Wildman–Crippen LogP) is 2.36. The van der Waals surface area contributed by atoms with Gasteiger partial charge in [0, 0.05) is 18.5 Å². The second-order valence-electron chi connectivity index (χ2n) is 5.44. The smallest absolute Gasteiger partial charge is 0.185 e. The van der Waals surface area contributed by atoms with E-state index in [1.165, 1.54) is 35.0 Å². The number of anilines is 1. The first-order valence-electron chi connectivity index (χ1n) is 7.33. The minimum Gasteiger partial charge on any atom is -0.379 e. The summed E-state index contributed by atoms with van der Waals surface area (Å²) in [5.41, 5.74) is 1.30. The summed E-state index contributed by atoms with van der Waals surface area (Å²) in [6, 6.07) is 0.970. The molecule has 106 valence electrons. The Labute approximate surface area is 119 Å². The van der Waals surface area contributed by atoms with Crippen LogP contribution in [0.15, 0.2) is 0 Å². The number of nitrogens with zero attached hydrogens (tertiary/aromatic N) is 2. The lowest BCUT2D eigenvalue weighted by Crippen LogP contribution is -2.31. The van der Waals surface area contributed by atoms with Gasteiger partial charge in [-0.05, 0) is 32.2 Å². The van der Waals surface area contributed by atoms with Crippen molar-refractivity contribution >= 4 is 16.5 Å². The molecule has 2 aliphatic rings. The van der Waals surface area contributed by atoms with Gasteiger partial charge in [-0.1, -0.05) is 6.92 Å². The van der Waals surface area contributed by atoms with Gasteiger partial charge in [0.1, 0.15) is 0 Å². The maximum atomic E-state index is 5.48. The summed E-state index contributed by atoms with van der Waals surface area (Å²) in [6.45, 7) is 4.92. The third kappa shape index (κ3) is 2.64. The third-order valence-corrected chi connectivity index (χ3v) is 5.37. The molecule has 19 heavy (non-hydrogen) atoms. The zero-order valence-corrected chi connectivity index (χ0v) is 12.6. The molecule has 0 spiro atoms. The SMILES string of the molecule is CCNC1CCCc2sc(N(C)C3CCOC3)nc21. The number of thiazole rings is 1. The number of aromatic nitrogens is 1. The summed E-state index contributed by atoms with van der Waals surface area (Å²) in [5.74, 6) is 0. The number of likely N-dealkylation sites (N-methyl/N-ethyl adjacent to an activating group) is 1. The molecule has 1 aromatic rings. The highest BCUT2D eigenvalue weighted by Gasteiger charge is 2.28. The van der Waals surface area contributed by atoms with Crippen LogP contribution in [-0.2, 0) is 11.2 Å². The first-order valence-corrected chi connectivity index (χ1v) is 8.14. The van der Waals surface area contributed by atoms with Crippen molar-refractivity contribution in [3.8, 4) is 0 Å². The van der Waals surface area contributed by atoms with Crippen LogP contribution in [-0.4, -0.2) is 37.8 Å². The van der Waals surface area contributed by atoms with Crippen molar-refractivity contribution < 1.29 is 4.74 Å². The average molecular weight is 281 g/mol. The molecule has 4 nitrogen and oxygen atoms in total. The summed E-state index contributed by atoms with van der Waals surface area (Å²) >= 11 is 1.88. The second-order valence-corrected chi connectivity index (χ2v) is 6.50. The van der Waals surface area contributed by atoms with E-state index >= 15 is 0 Å². The predicted molar refractivity (Wildman–Crippen MR) is 79.1 cm³/mol. The van der Waals surface area contributed by atoms with Crippen molar-refractivity contribution in [1.82, 2.24) is 10.3 Å². The molecule has 2 heterocycles. The van der Waals surface area contributed by atoms with E-state index in [1.807, 2.05) is 11.3 Å². The zero-order chi connectivity index (χ0) is 13.2. The molecule has 1 aliphatic heterocycles. The first-order chi connectivity index (χ1) is 9.29. The fourth-order valence-electron chi connectivity index (χ4n) is 2.99. The lowest BCUT2D eigenvalue weighted by molar-refractivity contribution is 0.193. The third-order valence-electron chi connectivity index (χ3n) is 4.15. The number of hydrogen-bond donors (Lipinski definition) is 1. The maximum absolute atomic E-state index is 5.48. The van der Waals surface area contributed by atoms with E-state index in [9.17, 15) is 0 Å². The Morgan fingerprint density at radius 2 is 2.37 bits per heavy atom. The Morgan fingerprint density at radius 3 is 3.11 bits per heavy atom. The van der Waals surface area contributed by atoms with Gasteiger partial charge in [0.05, 0.1) is 24.4 Å². The molecule has 0 bridgehead atoms. The zero-order valence-electron chi connectivity index (χ0n) is 11.8. The van der Waals surface area contributed by atoms with Crippen LogP contribution in [0.5, 0.6) is 0 Å². The van der Waals surface area contributed by atoms with Crippen LogP contribution < -0.4 is 10.2 Å². The van der Waals surface area contributed by atoms with Crippen LogP contribution in [0.2, 0.25) is 0 Å². The van der Waals surface area contributed by atoms with Gasteiger partial charge in [0.25, 0.3) is 0 Å². The highest BCUT2D eigenvalue weighted by Crippen LogP contribution is 2.37. The Morgan fingerprint density at radius 1 is 1.47 bits per heavy atom. The van der Waals surface area contributed by atoms with Crippen molar-refractivity contribution in [3.05, 3.63) is 10.6 Å². The topological polar surface area (TPSA) is 37.4 Å². The van der Waals surface area contributed by atoms with Gasteiger partial charge in [-0.2, -0.15) is 0 Å². The van der Waals surface area contributed by atoms with E-state index in [2.05, 4.69) is 24.2 Å². The average Bonchev–Trinajstić information content (AvgIpc) is 3.08. The summed E-state index contributed by atoms with van der Waals surface area (Å²) in [5, 5.41) is 4.73. The largest absolute Gasteiger partial charge is 0.379 e. The molecule has 2 atom stereocenters. The number of nitrogens with one attached hydrogen (secondary N) is 1. The van der Waals surface area contributed by atoms with Crippen LogP contribution in [0, 0.1) is 0 Å². The first kappa shape index (κ1) is 13.3. The Bertz CT molecular complexity index is 428. The minimum absolute atomic E-state index is 0.465. The van der Waals surface area contributed by atoms with Crippen molar-refractivity contribution in [2.24, 2.45) is 0 Å². The van der Waals surface area contributed by atoms with E-state index < -0.39 is 0 Å². The van der Waals surface area contributed by atoms with Crippen molar-refractivity contribution in [3.63, 3.8) is 0 Å². The quantitative estimate of drug-likeness (QED) is 0.919. The van der Waals surface area contributed by atoms with Gasteiger partial charge >= 0.3 is 0 Å². The van der Waals surface area contributed by atoms with Crippen LogP contribution in [0.1, 0.15) is 42.8 Å². The Balaban J connectivity index is 1.80. The fraction of sp³-hybridized carbons (Fsp3) is 0.786. The lowest BCUT2D eigenvalue weighted by Gasteiger charge is -2.22. The van der Waals surface area contributed by atoms with Gasteiger partial charge in [0.15, 0.2) is 5.13 Å². The molecular weight excluding hydrogens is 258 g/mol. The molecule has 0 amide bonds. The molecule has 1 aromatic heterocycles. The van der Waals surface area contributed by atoms with Crippen LogP contribution in [0.3, 0.4) is 0 Å². The summed E-state index contributed by atoms with van der Waals surface area (Å²) < 4.78 is 5.48. The molecule has 1 N–H and O–H groups in total. The van der Waals surface area contributed by atoms with E-state index in [4.69, 9.17) is 9.72 Å². The van der Waals surface area contributed by atoms with Gasteiger partial charge in [-0.15, -0.1) is 11.3 Å². The van der Waals surface area contributed by atoms with Crippen molar-refractivity contribution in [2.45, 2.75) is 44.7 Å². The van der Waals surface area contributed by atoms with Crippen LogP contribution in [0.4, 0.5) is 5.13 Å². The number of aryl methyl sites for hydroxylation is 1. The highest BCUT2D eigenvalue weighted by molar-refractivity contribution is 7.15. The van der Waals surface area contributed by atoms with E-state index in [0.717, 1.165) is 26.2 Å². The summed E-state index contributed by atoms with van der Waals surface area (Å²) in [4.78, 5) is 8.72. The Hall–Kier alpha value is -0.650. The number of ether oxygens (including phenoxy) is 1. The molecule has 2 unspecified atom stereocenters. The maximum Gasteiger partial charge on any atom is 0.185 e. The Kier molecular flexibility index (Phi) is 4.05. The second kappa shape index (κ2) is 5.77. The van der Waals surface area contributed by atoms with Crippen molar-refractivity contribution in [1.29, 1.82) is 0 Å². The minimum atomic E-state index is 0.465. The van der Waals surface area contributed by atoms with Gasteiger partial charge in [-0.25, -0.2) is 4.98 Å². The number of rotatable bonds is 4. The molecule has 5 heteroatoms.